The standard InChI is InChI=1S/C21H23N3O4S/c1-3-17-5-4-6-19(15-17)22-16(2)21(25)23-18-7-9-20(10-8-18)29(26,27)24-11-13-28-14-12-24/h1,4-10,15-16,22H,11-14H2,2H3,(H,23,25). The average Bonchev–Trinajstić information content (AvgIpc) is 2.75. The lowest BCUT2D eigenvalue weighted by Crippen LogP contribution is -2.40. The number of hydrogen-bond acceptors (Lipinski definition) is 5. The molecule has 152 valence electrons. The summed E-state index contributed by atoms with van der Waals surface area (Å²) >= 11 is 0. The first-order valence-corrected chi connectivity index (χ1v) is 10.7. The van der Waals surface area contributed by atoms with E-state index < -0.39 is 16.1 Å². The maximum atomic E-state index is 12.6. The summed E-state index contributed by atoms with van der Waals surface area (Å²) in [6, 6.07) is 12.9. The Labute approximate surface area is 171 Å². The molecule has 8 heteroatoms. The van der Waals surface area contributed by atoms with Crippen molar-refractivity contribution in [2.75, 3.05) is 36.9 Å². The molecule has 7 nitrogen and oxygen atoms in total. The predicted molar refractivity (Wildman–Crippen MR) is 112 cm³/mol. The van der Waals surface area contributed by atoms with Crippen molar-refractivity contribution in [1.29, 1.82) is 0 Å². The Balaban J connectivity index is 1.62. The fourth-order valence-corrected chi connectivity index (χ4v) is 4.32. The molecule has 0 bridgehead atoms. The number of anilines is 2. The zero-order valence-electron chi connectivity index (χ0n) is 16.1. The van der Waals surface area contributed by atoms with Crippen LogP contribution < -0.4 is 10.6 Å². The number of benzene rings is 2. The van der Waals surface area contributed by atoms with E-state index in [1.54, 1.807) is 25.1 Å². The van der Waals surface area contributed by atoms with Crippen molar-refractivity contribution in [3.05, 3.63) is 54.1 Å². The molecule has 0 radical (unpaired) electrons. The van der Waals surface area contributed by atoms with Crippen LogP contribution in [0.25, 0.3) is 0 Å². The summed E-state index contributed by atoms with van der Waals surface area (Å²) < 4.78 is 31.9. The summed E-state index contributed by atoms with van der Waals surface area (Å²) in [6.45, 7) is 3.19. The number of carbonyl (C=O) groups is 1. The molecule has 0 aliphatic carbocycles. The van der Waals surface area contributed by atoms with Gasteiger partial charge in [-0.1, -0.05) is 12.0 Å². The van der Waals surface area contributed by atoms with Gasteiger partial charge in [0.15, 0.2) is 0 Å². The third-order valence-electron chi connectivity index (χ3n) is 4.54. The van der Waals surface area contributed by atoms with Crippen LogP contribution in [0.1, 0.15) is 12.5 Å². The molecule has 29 heavy (non-hydrogen) atoms. The Morgan fingerprint density at radius 2 is 1.83 bits per heavy atom. The van der Waals surface area contributed by atoms with Crippen molar-refractivity contribution >= 4 is 27.3 Å². The van der Waals surface area contributed by atoms with Gasteiger partial charge in [0.25, 0.3) is 0 Å². The highest BCUT2D eigenvalue weighted by atomic mass is 32.2. The van der Waals surface area contributed by atoms with Crippen LogP contribution in [0.4, 0.5) is 11.4 Å². The van der Waals surface area contributed by atoms with E-state index in [0.29, 0.717) is 32.0 Å². The molecule has 2 N–H and O–H groups in total. The lowest BCUT2D eigenvalue weighted by atomic mass is 10.2. The van der Waals surface area contributed by atoms with E-state index in [9.17, 15) is 13.2 Å². The first-order valence-electron chi connectivity index (χ1n) is 9.22. The minimum absolute atomic E-state index is 0.190. The summed E-state index contributed by atoms with van der Waals surface area (Å²) in [7, 11) is -3.56. The fraction of sp³-hybridized carbons (Fsp3) is 0.286. The SMILES string of the molecule is C#Cc1cccc(NC(C)C(=O)Nc2ccc(S(=O)(=O)N3CCOCC3)cc2)c1. The molecule has 2 aromatic carbocycles. The molecule has 1 unspecified atom stereocenters. The van der Waals surface area contributed by atoms with E-state index >= 15 is 0 Å². The van der Waals surface area contributed by atoms with Crippen LogP contribution in [0.3, 0.4) is 0 Å². The number of rotatable bonds is 6. The second-order valence-electron chi connectivity index (χ2n) is 6.62. The molecular weight excluding hydrogens is 390 g/mol. The van der Waals surface area contributed by atoms with E-state index in [0.717, 1.165) is 11.3 Å². The van der Waals surface area contributed by atoms with Crippen LogP contribution in [-0.2, 0) is 19.6 Å². The molecule has 1 aliphatic rings. The molecule has 1 atom stereocenters. The molecule has 1 amide bonds. The van der Waals surface area contributed by atoms with Gasteiger partial charge in [-0.15, -0.1) is 6.42 Å². The molecule has 0 aromatic heterocycles. The first-order chi connectivity index (χ1) is 13.9. The van der Waals surface area contributed by atoms with E-state index in [1.807, 2.05) is 18.2 Å². The number of ether oxygens (including phenoxy) is 1. The normalized spacial score (nSPS) is 15.9. The third kappa shape index (κ3) is 5.15. The molecular formula is C21H23N3O4S. The van der Waals surface area contributed by atoms with Gasteiger partial charge in [-0.3, -0.25) is 4.79 Å². The number of nitrogens with zero attached hydrogens (tertiary/aromatic N) is 1. The maximum Gasteiger partial charge on any atom is 0.246 e. The van der Waals surface area contributed by atoms with Crippen LogP contribution in [-0.4, -0.2) is 51.0 Å². The van der Waals surface area contributed by atoms with Gasteiger partial charge in [0.2, 0.25) is 15.9 Å². The van der Waals surface area contributed by atoms with Crippen molar-refractivity contribution in [1.82, 2.24) is 4.31 Å². The Morgan fingerprint density at radius 3 is 2.48 bits per heavy atom. The molecule has 1 aliphatic heterocycles. The van der Waals surface area contributed by atoms with Crippen LogP contribution in [0.15, 0.2) is 53.4 Å². The fourth-order valence-electron chi connectivity index (χ4n) is 2.91. The van der Waals surface area contributed by atoms with Gasteiger partial charge in [0.05, 0.1) is 18.1 Å². The van der Waals surface area contributed by atoms with Gasteiger partial charge in [-0.05, 0) is 49.4 Å². The number of terminal acetylenes is 1. The summed E-state index contributed by atoms with van der Waals surface area (Å²) in [4.78, 5) is 12.6. The molecule has 2 aromatic rings. The molecule has 3 rings (SSSR count). The predicted octanol–water partition coefficient (Wildman–Crippen LogP) is 2.13. The molecule has 1 saturated heterocycles. The van der Waals surface area contributed by atoms with Crippen molar-refractivity contribution in [2.24, 2.45) is 0 Å². The smallest absolute Gasteiger partial charge is 0.246 e. The molecule has 0 spiro atoms. The first kappa shape index (κ1) is 20.9. The van der Waals surface area contributed by atoms with Gasteiger partial charge in [0, 0.05) is 30.0 Å². The van der Waals surface area contributed by atoms with Crippen molar-refractivity contribution in [2.45, 2.75) is 17.9 Å². The maximum absolute atomic E-state index is 12.6. The third-order valence-corrected chi connectivity index (χ3v) is 6.45. The number of morpholine rings is 1. The number of hydrogen-bond donors (Lipinski definition) is 2. The van der Waals surface area contributed by atoms with Crippen LogP contribution in [0.2, 0.25) is 0 Å². The van der Waals surface area contributed by atoms with Gasteiger partial charge in [0.1, 0.15) is 6.04 Å². The monoisotopic (exact) mass is 413 g/mol. The largest absolute Gasteiger partial charge is 0.379 e. The van der Waals surface area contributed by atoms with Gasteiger partial charge in [-0.25, -0.2) is 8.42 Å². The van der Waals surface area contributed by atoms with E-state index in [4.69, 9.17) is 11.2 Å². The summed E-state index contributed by atoms with van der Waals surface area (Å²) in [5.74, 6) is 2.30. The zero-order valence-corrected chi connectivity index (χ0v) is 16.9. The van der Waals surface area contributed by atoms with E-state index in [-0.39, 0.29) is 10.8 Å². The molecule has 1 heterocycles. The van der Waals surface area contributed by atoms with Crippen LogP contribution in [0, 0.1) is 12.3 Å². The van der Waals surface area contributed by atoms with Gasteiger partial charge in [-0.2, -0.15) is 4.31 Å². The minimum Gasteiger partial charge on any atom is -0.379 e. The number of nitrogens with one attached hydrogen (secondary N) is 2. The van der Waals surface area contributed by atoms with E-state index in [1.165, 1.54) is 16.4 Å². The Morgan fingerprint density at radius 1 is 1.14 bits per heavy atom. The van der Waals surface area contributed by atoms with Crippen molar-refractivity contribution in [3.8, 4) is 12.3 Å². The Kier molecular flexibility index (Phi) is 6.54. The Hall–Kier alpha value is -2.86. The number of amides is 1. The van der Waals surface area contributed by atoms with Gasteiger partial charge < -0.3 is 15.4 Å². The van der Waals surface area contributed by atoms with Crippen molar-refractivity contribution < 1.29 is 17.9 Å². The Bertz CT molecular complexity index is 1010. The lowest BCUT2D eigenvalue weighted by molar-refractivity contribution is -0.116. The second kappa shape index (κ2) is 9.09. The summed E-state index contributed by atoms with van der Waals surface area (Å²) in [5, 5.41) is 5.87. The van der Waals surface area contributed by atoms with Crippen LogP contribution >= 0.6 is 0 Å². The highest BCUT2D eigenvalue weighted by molar-refractivity contribution is 7.89. The molecule has 0 saturated carbocycles. The number of carbonyl (C=O) groups excluding carboxylic acids is 1. The lowest BCUT2D eigenvalue weighted by Gasteiger charge is -2.26. The van der Waals surface area contributed by atoms with E-state index in [2.05, 4.69) is 16.6 Å². The summed E-state index contributed by atoms with van der Waals surface area (Å²) in [5.41, 5.74) is 1.98. The summed E-state index contributed by atoms with van der Waals surface area (Å²) in [6.07, 6.45) is 5.39. The topological polar surface area (TPSA) is 87.7 Å². The average molecular weight is 413 g/mol. The van der Waals surface area contributed by atoms with Gasteiger partial charge >= 0.3 is 0 Å². The second-order valence-corrected chi connectivity index (χ2v) is 8.56. The highest BCUT2D eigenvalue weighted by Crippen LogP contribution is 2.20. The van der Waals surface area contributed by atoms with Crippen LogP contribution in [0.5, 0.6) is 0 Å². The quantitative estimate of drug-likeness (QED) is 0.709. The van der Waals surface area contributed by atoms with Crippen molar-refractivity contribution in [3.63, 3.8) is 0 Å². The molecule has 1 fully saturated rings. The minimum atomic E-state index is -3.56. The zero-order chi connectivity index (χ0) is 20.9. The number of sulfonamides is 1. The highest BCUT2D eigenvalue weighted by Gasteiger charge is 2.26.